The summed E-state index contributed by atoms with van der Waals surface area (Å²) in [5.74, 6) is 2.67. The summed E-state index contributed by atoms with van der Waals surface area (Å²) in [6, 6.07) is 17.2. The fourth-order valence-corrected chi connectivity index (χ4v) is 2.49. The molecule has 0 aliphatic heterocycles. The van der Waals surface area contributed by atoms with Crippen LogP contribution in [0.15, 0.2) is 54.6 Å². The molecule has 1 unspecified atom stereocenters. The molecule has 1 aliphatic carbocycles. The number of hydrogen-bond acceptors (Lipinski definition) is 3. The second-order valence-electron chi connectivity index (χ2n) is 5.26. The van der Waals surface area contributed by atoms with Gasteiger partial charge in [0.2, 0.25) is 0 Å². The molecule has 1 atom stereocenters. The lowest BCUT2D eigenvalue weighted by Crippen LogP contribution is -2.25. The van der Waals surface area contributed by atoms with E-state index in [1.54, 1.807) is 0 Å². The average Bonchev–Trinajstić information content (AvgIpc) is 2.50. The van der Waals surface area contributed by atoms with E-state index in [1.165, 1.54) is 0 Å². The zero-order chi connectivity index (χ0) is 14.5. The fourth-order valence-electron chi connectivity index (χ4n) is 2.49. The molecule has 0 aromatic heterocycles. The van der Waals surface area contributed by atoms with Gasteiger partial charge < -0.3 is 9.47 Å². The van der Waals surface area contributed by atoms with Gasteiger partial charge in [-0.1, -0.05) is 18.2 Å². The number of para-hydroxylation sites is 1. The zero-order valence-corrected chi connectivity index (χ0v) is 11.8. The molecular weight excluding hydrogens is 264 g/mol. The van der Waals surface area contributed by atoms with Crippen molar-refractivity contribution in [3.05, 3.63) is 54.6 Å². The Hall–Kier alpha value is -2.29. The van der Waals surface area contributed by atoms with Crippen LogP contribution in [0.25, 0.3) is 0 Å². The summed E-state index contributed by atoms with van der Waals surface area (Å²) in [6.45, 7) is 0. The van der Waals surface area contributed by atoms with Crippen molar-refractivity contribution in [2.24, 2.45) is 0 Å². The van der Waals surface area contributed by atoms with E-state index in [-0.39, 0.29) is 6.10 Å². The molecule has 0 amide bonds. The molecule has 0 bridgehead atoms. The molecule has 108 valence electrons. The van der Waals surface area contributed by atoms with Crippen LogP contribution in [0.1, 0.15) is 25.7 Å². The number of carbonyl (C=O) groups excluding carboxylic acids is 1. The minimum atomic E-state index is 0.0205. The SMILES string of the molecule is O=C1CCCC(Oc2ccc(Oc3ccccc3)cc2)C1. The maximum absolute atomic E-state index is 11.4. The summed E-state index contributed by atoms with van der Waals surface area (Å²) >= 11 is 0. The highest BCUT2D eigenvalue weighted by Gasteiger charge is 2.20. The molecule has 3 nitrogen and oxygen atoms in total. The highest BCUT2D eigenvalue weighted by Crippen LogP contribution is 2.26. The molecule has 1 saturated carbocycles. The molecule has 0 heterocycles. The molecule has 1 fully saturated rings. The van der Waals surface area contributed by atoms with Gasteiger partial charge in [0.1, 0.15) is 29.1 Å². The fraction of sp³-hybridized carbons (Fsp3) is 0.278. The van der Waals surface area contributed by atoms with E-state index in [0.717, 1.165) is 30.1 Å². The molecule has 2 aromatic rings. The van der Waals surface area contributed by atoms with Crippen LogP contribution in [0.2, 0.25) is 0 Å². The van der Waals surface area contributed by atoms with Crippen molar-refractivity contribution in [2.45, 2.75) is 31.8 Å². The lowest BCUT2D eigenvalue weighted by molar-refractivity contribution is -0.122. The van der Waals surface area contributed by atoms with Gasteiger partial charge in [-0.3, -0.25) is 4.79 Å². The van der Waals surface area contributed by atoms with Gasteiger partial charge in [0.05, 0.1) is 0 Å². The quantitative estimate of drug-likeness (QED) is 0.835. The second kappa shape index (κ2) is 6.44. The first-order valence-corrected chi connectivity index (χ1v) is 7.31. The number of ether oxygens (including phenoxy) is 2. The minimum absolute atomic E-state index is 0.0205. The topological polar surface area (TPSA) is 35.5 Å². The van der Waals surface area contributed by atoms with Gasteiger partial charge in [0, 0.05) is 12.8 Å². The Morgan fingerprint density at radius 2 is 1.52 bits per heavy atom. The van der Waals surface area contributed by atoms with Crippen LogP contribution in [0.4, 0.5) is 0 Å². The Labute approximate surface area is 124 Å². The van der Waals surface area contributed by atoms with Crippen LogP contribution in [-0.4, -0.2) is 11.9 Å². The smallest absolute Gasteiger partial charge is 0.136 e. The third-order valence-corrected chi connectivity index (χ3v) is 3.54. The maximum atomic E-state index is 11.4. The van der Waals surface area contributed by atoms with Gasteiger partial charge in [-0.05, 0) is 49.2 Å². The molecule has 3 heteroatoms. The molecule has 0 saturated heterocycles. The van der Waals surface area contributed by atoms with Gasteiger partial charge in [-0.15, -0.1) is 0 Å². The van der Waals surface area contributed by atoms with E-state index in [1.807, 2.05) is 54.6 Å². The predicted molar refractivity (Wildman–Crippen MR) is 80.8 cm³/mol. The van der Waals surface area contributed by atoms with Crippen molar-refractivity contribution in [1.82, 2.24) is 0 Å². The third kappa shape index (κ3) is 3.85. The lowest BCUT2D eigenvalue weighted by atomic mass is 9.96. The first-order valence-electron chi connectivity index (χ1n) is 7.31. The second-order valence-corrected chi connectivity index (χ2v) is 5.26. The third-order valence-electron chi connectivity index (χ3n) is 3.54. The van der Waals surface area contributed by atoms with Gasteiger partial charge in [0.15, 0.2) is 0 Å². The molecule has 0 spiro atoms. The minimum Gasteiger partial charge on any atom is -0.490 e. The first kappa shape index (κ1) is 13.7. The normalized spacial score (nSPS) is 18.3. The van der Waals surface area contributed by atoms with Gasteiger partial charge >= 0.3 is 0 Å². The van der Waals surface area contributed by atoms with Crippen LogP contribution in [0.5, 0.6) is 17.2 Å². The van der Waals surface area contributed by atoms with Crippen molar-refractivity contribution in [1.29, 1.82) is 0 Å². The highest BCUT2D eigenvalue weighted by molar-refractivity contribution is 5.79. The number of ketones is 1. The molecule has 21 heavy (non-hydrogen) atoms. The average molecular weight is 282 g/mol. The Kier molecular flexibility index (Phi) is 4.20. The first-order chi connectivity index (χ1) is 10.3. The van der Waals surface area contributed by atoms with Gasteiger partial charge in [0.25, 0.3) is 0 Å². The monoisotopic (exact) mass is 282 g/mol. The predicted octanol–water partition coefficient (Wildman–Crippen LogP) is 4.37. The van der Waals surface area contributed by atoms with Crippen LogP contribution < -0.4 is 9.47 Å². The molecule has 0 radical (unpaired) electrons. The van der Waals surface area contributed by atoms with Gasteiger partial charge in [-0.25, -0.2) is 0 Å². The van der Waals surface area contributed by atoms with E-state index in [0.29, 0.717) is 18.6 Å². The van der Waals surface area contributed by atoms with Crippen molar-refractivity contribution in [3.8, 4) is 17.2 Å². The molecule has 1 aliphatic rings. The van der Waals surface area contributed by atoms with Gasteiger partial charge in [-0.2, -0.15) is 0 Å². The number of Topliss-reactive ketones (excluding diaryl/α,β-unsaturated/α-hetero) is 1. The summed E-state index contributed by atoms with van der Waals surface area (Å²) in [5, 5.41) is 0. The number of hydrogen-bond donors (Lipinski definition) is 0. The van der Waals surface area contributed by atoms with Crippen molar-refractivity contribution in [2.75, 3.05) is 0 Å². The van der Waals surface area contributed by atoms with Crippen molar-refractivity contribution < 1.29 is 14.3 Å². The number of carbonyl (C=O) groups is 1. The van der Waals surface area contributed by atoms with Crippen molar-refractivity contribution in [3.63, 3.8) is 0 Å². The van der Waals surface area contributed by atoms with Crippen LogP contribution in [0.3, 0.4) is 0 Å². The standard InChI is InChI=1S/C18H18O3/c19-14-5-4-8-18(13-14)21-17-11-9-16(10-12-17)20-15-6-2-1-3-7-15/h1-3,6-7,9-12,18H,4-5,8,13H2. The Morgan fingerprint density at radius 3 is 2.24 bits per heavy atom. The van der Waals surface area contributed by atoms with E-state index < -0.39 is 0 Å². The number of benzene rings is 2. The summed E-state index contributed by atoms with van der Waals surface area (Å²) in [6.07, 6.45) is 3.13. The summed E-state index contributed by atoms with van der Waals surface area (Å²) in [5.41, 5.74) is 0. The van der Waals surface area contributed by atoms with Crippen LogP contribution in [-0.2, 0) is 4.79 Å². The summed E-state index contributed by atoms with van der Waals surface area (Å²) in [4.78, 5) is 11.4. The Balaban J connectivity index is 1.60. The number of rotatable bonds is 4. The lowest BCUT2D eigenvalue weighted by Gasteiger charge is -2.22. The van der Waals surface area contributed by atoms with E-state index >= 15 is 0 Å². The molecule has 2 aromatic carbocycles. The molecular formula is C18H18O3. The summed E-state index contributed by atoms with van der Waals surface area (Å²) in [7, 11) is 0. The summed E-state index contributed by atoms with van der Waals surface area (Å²) < 4.78 is 11.6. The van der Waals surface area contributed by atoms with E-state index in [2.05, 4.69) is 0 Å². The van der Waals surface area contributed by atoms with Crippen LogP contribution in [0, 0.1) is 0 Å². The largest absolute Gasteiger partial charge is 0.490 e. The molecule has 0 N–H and O–H groups in total. The maximum Gasteiger partial charge on any atom is 0.136 e. The highest BCUT2D eigenvalue weighted by atomic mass is 16.5. The van der Waals surface area contributed by atoms with Crippen molar-refractivity contribution >= 4 is 5.78 Å². The van der Waals surface area contributed by atoms with E-state index in [4.69, 9.17) is 9.47 Å². The van der Waals surface area contributed by atoms with E-state index in [9.17, 15) is 4.79 Å². The van der Waals surface area contributed by atoms with Crippen LogP contribution >= 0.6 is 0 Å². The Bertz CT molecular complexity index is 590. The zero-order valence-electron chi connectivity index (χ0n) is 11.8. The Morgan fingerprint density at radius 1 is 0.857 bits per heavy atom. The molecule has 3 rings (SSSR count).